The molecule has 1 aliphatic carbocycles. The van der Waals surface area contributed by atoms with Crippen molar-refractivity contribution in [1.29, 1.82) is 0 Å². The minimum absolute atomic E-state index is 0.0936. The summed E-state index contributed by atoms with van der Waals surface area (Å²) in [5.74, 6) is 0.568. The number of likely N-dealkylation sites (tertiary alicyclic amines) is 1. The number of piperidine rings is 1. The molecule has 108 valence electrons. The van der Waals surface area contributed by atoms with Crippen LogP contribution in [-0.4, -0.2) is 47.0 Å². The van der Waals surface area contributed by atoms with Gasteiger partial charge in [0.15, 0.2) is 0 Å². The Balaban J connectivity index is 1.56. The minimum atomic E-state index is -0.0936. The predicted molar refractivity (Wildman–Crippen MR) is 76.4 cm³/mol. The van der Waals surface area contributed by atoms with Gasteiger partial charge in [0.05, 0.1) is 11.9 Å². The number of hydrogen-bond acceptors (Lipinski definition) is 4. The fraction of sp³-hybridized carbons (Fsp3) is 0.667. The zero-order valence-electron chi connectivity index (χ0n) is 12.0. The zero-order valence-corrected chi connectivity index (χ0v) is 12.0. The summed E-state index contributed by atoms with van der Waals surface area (Å²) in [5, 5.41) is 2.93. The van der Waals surface area contributed by atoms with E-state index in [1.54, 1.807) is 12.4 Å². The molecule has 0 spiro atoms. The lowest BCUT2D eigenvalue weighted by Crippen LogP contribution is -2.33. The van der Waals surface area contributed by atoms with Crippen molar-refractivity contribution in [3.63, 3.8) is 0 Å². The predicted octanol–water partition coefficient (Wildman–Crippen LogP) is 1.25. The first-order chi connectivity index (χ1) is 9.70. The Morgan fingerprint density at radius 2 is 2.20 bits per heavy atom. The van der Waals surface area contributed by atoms with Crippen molar-refractivity contribution in [2.45, 2.75) is 38.1 Å². The fourth-order valence-electron chi connectivity index (χ4n) is 2.80. The molecule has 1 N–H and O–H groups in total. The van der Waals surface area contributed by atoms with Crippen LogP contribution < -0.4 is 5.32 Å². The summed E-state index contributed by atoms with van der Waals surface area (Å²) in [5.41, 5.74) is 1.43. The molecule has 20 heavy (non-hydrogen) atoms. The lowest BCUT2D eigenvalue weighted by Gasteiger charge is -2.29. The Labute approximate surface area is 119 Å². The molecule has 1 unspecified atom stereocenters. The monoisotopic (exact) mass is 274 g/mol. The second-order valence-electron chi connectivity index (χ2n) is 6.12. The molecule has 0 aromatic carbocycles. The zero-order chi connectivity index (χ0) is 13.9. The molecule has 2 heterocycles. The molecule has 1 aromatic rings. The van der Waals surface area contributed by atoms with Crippen LogP contribution in [0.15, 0.2) is 12.4 Å². The van der Waals surface area contributed by atoms with Crippen molar-refractivity contribution in [2.24, 2.45) is 5.92 Å². The Hall–Kier alpha value is -1.49. The molecular formula is C15H22N4O. The number of carbonyl (C=O) groups excluding carboxylic acids is 1. The van der Waals surface area contributed by atoms with Crippen molar-refractivity contribution in [1.82, 2.24) is 20.2 Å². The second-order valence-corrected chi connectivity index (χ2v) is 6.12. The van der Waals surface area contributed by atoms with Crippen molar-refractivity contribution >= 4 is 5.91 Å². The summed E-state index contributed by atoms with van der Waals surface area (Å²) in [6.45, 7) is 2.33. The number of carbonyl (C=O) groups is 1. The number of aromatic nitrogens is 2. The van der Waals surface area contributed by atoms with Crippen LogP contribution in [0.5, 0.6) is 0 Å². The normalized spacial score (nSPS) is 23.6. The summed E-state index contributed by atoms with van der Waals surface area (Å²) in [4.78, 5) is 22.9. The van der Waals surface area contributed by atoms with E-state index in [-0.39, 0.29) is 5.91 Å². The Bertz CT molecular complexity index is 469. The van der Waals surface area contributed by atoms with Gasteiger partial charge >= 0.3 is 0 Å². The summed E-state index contributed by atoms with van der Waals surface area (Å²) in [6.07, 6.45) is 9.03. The molecule has 5 nitrogen and oxygen atoms in total. The van der Waals surface area contributed by atoms with E-state index in [9.17, 15) is 4.79 Å². The standard InChI is InChI=1S/C15H22N4O/c1-19-6-2-3-11(10-19)7-13-8-17-14(9-16-13)15(20)18-12-4-5-12/h8-9,11-12H,2-7,10H2,1H3,(H,18,20). The maximum atomic E-state index is 11.8. The van der Waals surface area contributed by atoms with Gasteiger partial charge in [-0.1, -0.05) is 0 Å². The van der Waals surface area contributed by atoms with Crippen molar-refractivity contribution < 1.29 is 4.79 Å². The van der Waals surface area contributed by atoms with Crippen LogP contribution >= 0.6 is 0 Å². The Kier molecular flexibility index (Phi) is 3.96. The average Bonchev–Trinajstić information content (AvgIpc) is 3.23. The van der Waals surface area contributed by atoms with E-state index in [1.165, 1.54) is 19.4 Å². The van der Waals surface area contributed by atoms with Crippen LogP contribution in [-0.2, 0) is 6.42 Å². The van der Waals surface area contributed by atoms with Gasteiger partial charge in [-0.05, 0) is 51.6 Å². The van der Waals surface area contributed by atoms with E-state index in [0.29, 0.717) is 17.7 Å². The molecule has 0 radical (unpaired) electrons. The smallest absolute Gasteiger partial charge is 0.271 e. The third-order valence-electron chi connectivity index (χ3n) is 4.07. The van der Waals surface area contributed by atoms with Gasteiger partial charge in [-0.25, -0.2) is 4.98 Å². The van der Waals surface area contributed by atoms with Gasteiger partial charge in [0, 0.05) is 18.8 Å². The summed E-state index contributed by atoms with van der Waals surface area (Å²) >= 11 is 0. The lowest BCUT2D eigenvalue weighted by molar-refractivity contribution is 0.0945. The van der Waals surface area contributed by atoms with E-state index in [1.807, 2.05) is 0 Å². The quantitative estimate of drug-likeness (QED) is 0.898. The SMILES string of the molecule is CN1CCCC(Cc2cnc(C(=O)NC3CC3)cn2)C1. The van der Waals surface area contributed by atoms with Crippen molar-refractivity contribution in [2.75, 3.05) is 20.1 Å². The highest BCUT2D eigenvalue weighted by Gasteiger charge is 2.24. The minimum Gasteiger partial charge on any atom is -0.348 e. The van der Waals surface area contributed by atoms with E-state index in [2.05, 4.69) is 27.2 Å². The maximum Gasteiger partial charge on any atom is 0.271 e. The molecule has 1 atom stereocenters. The van der Waals surface area contributed by atoms with Gasteiger partial charge in [-0.15, -0.1) is 0 Å². The van der Waals surface area contributed by atoms with E-state index >= 15 is 0 Å². The first-order valence-electron chi connectivity index (χ1n) is 7.51. The molecule has 1 aliphatic heterocycles. The lowest BCUT2D eigenvalue weighted by atomic mass is 9.94. The highest BCUT2D eigenvalue weighted by Crippen LogP contribution is 2.20. The van der Waals surface area contributed by atoms with Crippen LogP contribution in [0.1, 0.15) is 41.9 Å². The van der Waals surface area contributed by atoms with E-state index in [4.69, 9.17) is 0 Å². The van der Waals surface area contributed by atoms with E-state index in [0.717, 1.165) is 31.5 Å². The second kappa shape index (κ2) is 5.87. The Morgan fingerprint density at radius 1 is 1.35 bits per heavy atom. The molecule has 1 saturated carbocycles. The molecule has 1 saturated heterocycles. The van der Waals surface area contributed by atoms with Crippen LogP contribution in [0.4, 0.5) is 0 Å². The summed E-state index contributed by atoms with van der Waals surface area (Å²) in [7, 11) is 2.17. The Morgan fingerprint density at radius 3 is 2.85 bits per heavy atom. The van der Waals surface area contributed by atoms with Crippen LogP contribution in [0, 0.1) is 5.92 Å². The topological polar surface area (TPSA) is 58.1 Å². The van der Waals surface area contributed by atoms with Gasteiger partial charge in [0.2, 0.25) is 0 Å². The van der Waals surface area contributed by atoms with Gasteiger partial charge in [0.1, 0.15) is 5.69 Å². The molecule has 2 fully saturated rings. The first kappa shape index (κ1) is 13.5. The highest BCUT2D eigenvalue weighted by atomic mass is 16.2. The third kappa shape index (κ3) is 3.54. The molecular weight excluding hydrogens is 252 g/mol. The van der Waals surface area contributed by atoms with E-state index < -0.39 is 0 Å². The molecule has 2 aliphatic rings. The highest BCUT2D eigenvalue weighted by molar-refractivity contribution is 5.92. The largest absolute Gasteiger partial charge is 0.348 e. The van der Waals surface area contributed by atoms with Gasteiger partial charge < -0.3 is 10.2 Å². The number of rotatable bonds is 4. The molecule has 0 bridgehead atoms. The molecule has 1 amide bonds. The van der Waals surface area contributed by atoms with Gasteiger partial charge in [-0.3, -0.25) is 9.78 Å². The summed E-state index contributed by atoms with van der Waals surface area (Å²) in [6, 6.07) is 0.363. The van der Waals surface area contributed by atoms with Gasteiger partial charge in [0.25, 0.3) is 5.91 Å². The maximum absolute atomic E-state index is 11.8. The van der Waals surface area contributed by atoms with Crippen molar-refractivity contribution in [3.8, 4) is 0 Å². The number of nitrogens with zero attached hydrogens (tertiary/aromatic N) is 3. The number of hydrogen-bond donors (Lipinski definition) is 1. The first-order valence-corrected chi connectivity index (χ1v) is 7.51. The molecule has 1 aromatic heterocycles. The van der Waals surface area contributed by atoms with Crippen LogP contribution in [0.2, 0.25) is 0 Å². The molecule has 3 rings (SSSR count). The third-order valence-corrected chi connectivity index (χ3v) is 4.07. The van der Waals surface area contributed by atoms with Gasteiger partial charge in [-0.2, -0.15) is 0 Å². The molecule has 5 heteroatoms. The number of amides is 1. The average molecular weight is 274 g/mol. The fourth-order valence-corrected chi connectivity index (χ4v) is 2.80. The number of nitrogens with one attached hydrogen (secondary N) is 1. The van der Waals surface area contributed by atoms with Crippen LogP contribution in [0.3, 0.4) is 0 Å². The summed E-state index contributed by atoms with van der Waals surface area (Å²) < 4.78 is 0. The van der Waals surface area contributed by atoms with Crippen molar-refractivity contribution in [3.05, 3.63) is 23.8 Å². The van der Waals surface area contributed by atoms with Crippen LogP contribution in [0.25, 0.3) is 0 Å².